The van der Waals surface area contributed by atoms with Gasteiger partial charge in [0.25, 0.3) is 5.91 Å². The Hall–Kier alpha value is -1.85. The summed E-state index contributed by atoms with van der Waals surface area (Å²) in [4.78, 5) is 28.0. The van der Waals surface area contributed by atoms with Crippen LogP contribution in [-0.4, -0.2) is 33.1 Å². The molecule has 0 aromatic carbocycles. The largest absolute Gasteiger partial charge is 0.481 e. The first kappa shape index (κ1) is 16.0. The van der Waals surface area contributed by atoms with Gasteiger partial charge in [0.05, 0.1) is 12.6 Å². The van der Waals surface area contributed by atoms with Gasteiger partial charge < -0.3 is 15.0 Å². The number of nitrogens with zero attached hydrogens (tertiary/aromatic N) is 2. The summed E-state index contributed by atoms with van der Waals surface area (Å²) >= 11 is 0. The average Bonchev–Trinajstić information content (AvgIpc) is 3.11. The highest BCUT2D eigenvalue weighted by atomic mass is 16.4. The van der Waals surface area contributed by atoms with Crippen LogP contribution in [0, 0.1) is 11.3 Å². The number of nitrogens with one attached hydrogen (secondary N) is 1. The van der Waals surface area contributed by atoms with Gasteiger partial charge in [-0.15, -0.1) is 0 Å². The van der Waals surface area contributed by atoms with E-state index in [4.69, 9.17) is 5.11 Å². The van der Waals surface area contributed by atoms with Crippen molar-refractivity contribution >= 4 is 11.9 Å². The van der Waals surface area contributed by atoms with E-state index in [1.54, 1.807) is 6.20 Å². The van der Waals surface area contributed by atoms with Crippen molar-refractivity contribution < 1.29 is 14.7 Å². The number of imidazole rings is 1. The number of fused-ring (bicyclic) bond motifs is 1. The summed E-state index contributed by atoms with van der Waals surface area (Å²) < 4.78 is 2.01. The Morgan fingerprint density at radius 2 is 2.17 bits per heavy atom. The molecular formula is C17H25N3O3. The molecule has 0 spiro atoms. The fraction of sp³-hybridized carbons (Fsp3) is 0.706. The van der Waals surface area contributed by atoms with Crippen LogP contribution in [-0.2, 0) is 17.8 Å². The Balaban J connectivity index is 1.66. The Morgan fingerprint density at radius 1 is 1.43 bits per heavy atom. The molecule has 1 fully saturated rings. The van der Waals surface area contributed by atoms with Crippen molar-refractivity contribution in [3.05, 3.63) is 17.7 Å². The van der Waals surface area contributed by atoms with E-state index in [0.717, 1.165) is 50.9 Å². The molecule has 0 bridgehead atoms. The molecule has 126 valence electrons. The minimum atomic E-state index is -0.781. The Bertz CT molecular complexity index is 602. The van der Waals surface area contributed by atoms with Crippen LogP contribution in [0.5, 0.6) is 0 Å². The van der Waals surface area contributed by atoms with Gasteiger partial charge in [-0.25, -0.2) is 4.98 Å². The topological polar surface area (TPSA) is 84.2 Å². The monoisotopic (exact) mass is 319 g/mol. The molecule has 1 aliphatic carbocycles. The van der Waals surface area contributed by atoms with Gasteiger partial charge >= 0.3 is 5.97 Å². The molecule has 0 saturated heterocycles. The van der Waals surface area contributed by atoms with Gasteiger partial charge in [-0.05, 0) is 30.6 Å². The third-order valence-electron chi connectivity index (χ3n) is 5.36. The standard InChI is InChI=1S/C17H25N3O3/c1-12-4-7-20-13(10-18-14(20)8-12)16(23)19-11-17(9-15(21)22)5-2-3-6-17/h10,12H,2-9,11H2,1H3,(H,19,23)(H,21,22). The highest BCUT2D eigenvalue weighted by Gasteiger charge is 2.36. The lowest BCUT2D eigenvalue weighted by Gasteiger charge is -2.27. The van der Waals surface area contributed by atoms with Gasteiger partial charge in [0.15, 0.2) is 0 Å². The van der Waals surface area contributed by atoms with E-state index < -0.39 is 5.97 Å². The van der Waals surface area contributed by atoms with Crippen LogP contribution in [0.25, 0.3) is 0 Å². The second-order valence-corrected chi connectivity index (χ2v) is 7.27. The summed E-state index contributed by atoms with van der Waals surface area (Å²) in [6, 6.07) is 0. The Labute approximate surface area is 136 Å². The normalized spacial score (nSPS) is 22.6. The van der Waals surface area contributed by atoms with E-state index in [2.05, 4.69) is 17.2 Å². The maximum absolute atomic E-state index is 12.5. The lowest BCUT2D eigenvalue weighted by atomic mass is 9.82. The second-order valence-electron chi connectivity index (χ2n) is 7.27. The van der Waals surface area contributed by atoms with Gasteiger partial charge in [-0.3, -0.25) is 9.59 Å². The number of hydrogen-bond donors (Lipinski definition) is 2. The molecule has 1 aliphatic heterocycles. The number of aliphatic carboxylic acids is 1. The van der Waals surface area contributed by atoms with Crippen molar-refractivity contribution in [3.8, 4) is 0 Å². The van der Waals surface area contributed by atoms with Crippen molar-refractivity contribution in [1.29, 1.82) is 0 Å². The van der Waals surface area contributed by atoms with E-state index in [-0.39, 0.29) is 17.7 Å². The van der Waals surface area contributed by atoms with Gasteiger partial charge in [-0.1, -0.05) is 19.8 Å². The van der Waals surface area contributed by atoms with Crippen molar-refractivity contribution in [2.45, 2.75) is 58.4 Å². The van der Waals surface area contributed by atoms with Crippen LogP contribution in [0.1, 0.15) is 61.8 Å². The second kappa shape index (κ2) is 6.34. The molecule has 23 heavy (non-hydrogen) atoms. The van der Waals surface area contributed by atoms with E-state index >= 15 is 0 Å². The first-order chi connectivity index (χ1) is 11.0. The molecule has 1 unspecified atom stereocenters. The first-order valence-electron chi connectivity index (χ1n) is 8.53. The first-order valence-corrected chi connectivity index (χ1v) is 8.53. The lowest BCUT2D eigenvalue weighted by molar-refractivity contribution is -0.139. The van der Waals surface area contributed by atoms with E-state index in [1.165, 1.54) is 0 Å². The summed E-state index contributed by atoms with van der Waals surface area (Å²) in [6.07, 6.45) is 7.61. The molecule has 2 heterocycles. The van der Waals surface area contributed by atoms with Crippen molar-refractivity contribution in [2.75, 3.05) is 6.54 Å². The van der Waals surface area contributed by atoms with Crippen LogP contribution < -0.4 is 5.32 Å². The zero-order chi connectivity index (χ0) is 16.4. The molecule has 1 amide bonds. The van der Waals surface area contributed by atoms with Crippen molar-refractivity contribution in [3.63, 3.8) is 0 Å². The minimum absolute atomic E-state index is 0.130. The van der Waals surface area contributed by atoms with Gasteiger partial charge in [0.1, 0.15) is 11.5 Å². The smallest absolute Gasteiger partial charge is 0.303 e. The minimum Gasteiger partial charge on any atom is -0.481 e. The molecule has 1 saturated carbocycles. The summed E-state index contributed by atoms with van der Waals surface area (Å²) in [5.74, 6) is 0.681. The van der Waals surface area contributed by atoms with Crippen LogP contribution in [0.3, 0.4) is 0 Å². The predicted molar refractivity (Wildman–Crippen MR) is 85.2 cm³/mol. The number of carboxylic acid groups (broad SMARTS) is 1. The Morgan fingerprint density at radius 3 is 2.87 bits per heavy atom. The third-order valence-corrected chi connectivity index (χ3v) is 5.36. The summed E-state index contributed by atoms with van der Waals surface area (Å²) in [7, 11) is 0. The number of hydrogen-bond acceptors (Lipinski definition) is 3. The number of carbonyl (C=O) groups is 2. The Kier molecular flexibility index (Phi) is 4.41. The van der Waals surface area contributed by atoms with E-state index in [1.807, 2.05) is 4.57 Å². The van der Waals surface area contributed by atoms with Gasteiger partial charge in [0.2, 0.25) is 0 Å². The average molecular weight is 319 g/mol. The van der Waals surface area contributed by atoms with Crippen LogP contribution >= 0.6 is 0 Å². The van der Waals surface area contributed by atoms with E-state index in [0.29, 0.717) is 18.2 Å². The number of carbonyl (C=O) groups excluding carboxylic acids is 1. The SMILES string of the molecule is CC1CCn2c(C(=O)NCC3(CC(=O)O)CCCC3)cnc2C1. The zero-order valence-corrected chi connectivity index (χ0v) is 13.7. The molecule has 1 atom stereocenters. The van der Waals surface area contributed by atoms with Crippen molar-refractivity contribution in [2.24, 2.45) is 11.3 Å². The number of aromatic nitrogens is 2. The van der Waals surface area contributed by atoms with Crippen LogP contribution in [0.2, 0.25) is 0 Å². The molecule has 0 radical (unpaired) electrons. The molecule has 3 rings (SSSR count). The van der Waals surface area contributed by atoms with Crippen molar-refractivity contribution in [1.82, 2.24) is 14.9 Å². The molecule has 6 nitrogen and oxygen atoms in total. The van der Waals surface area contributed by atoms with Gasteiger partial charge in [0, 0.05) is 19.5 Å². The fourth-order valence-electron chi connectivity index (χ4n) is 3.99. The predicted octanol–water partition coefficient (Wildman–Crippen LogP) is 2.23. The van der Waals surface area contributed by atoms with Crippen LogP contribution in [0.4, 0.5) is 0 Å². The molecule has 2 N–H and O–H groups in total. The summed E-state index contributed by atoms with van der Waals surface area (Å²) in [5.41, 5.74) is 0.330. The number of amides is 1. The summed E-state index contributed by atoms with van der Waals surface area (Å²) in [5, 5.41) is 12.1. The van der Waals surface area contributed by atoms with Gasteiger partial charge in [-0.2, -0.15) is 0 Å². The zero-order valence-electron chi connectivity index (χ0n) is 13.7. The molecule has 1 aromatic rings. The lowest BCUT2D eigenvalue weighted by Crippen LogP contribution is -2.38. The van der Waals surface area contributed by atoms with Crippen LogP contribution in [0.15, 0.2) is 6.20 Å². The highest BCUT2D eigenvalue weighted by Crippen LogP contribution is 2.40. The molecule has 2 aliphatic rings. The molecule has 6 heteroatoms. The molecular weight excluding hydrogens is 294 g/mol. The fourth-order valence-corrected chi connectivity index (χ4v) is 3.99. The number of rotatable bonds is 5. The summed E-state index contributed by atoms with van der Waals surface area (Å²) in [6.45, 7) is 3.47. The van der Waals surface area contributed by atoms with E-state index in [9.17, 15) is 9.59 Å². The highest BCUT2D eigenvalue weighted by molar-refractivity contribution is 5.92. The maximum atomic E-state index is 12.5. The third kappa shape index (κ3) is 3.41. The molecule has 1 aromatic heterocycles. The maximum Gasteiger partial charge on any atom is 0.303 e. The number of carboxylic acids is 1. The quantitative estimate of drug-likeness (QED) is 0.871.